The number of ether oxygens (including phenoxy) is 2. The van der Waals surface area contributed by atoms with Crippen molar-refractivity contribution in [1.29, 1.82) is 0 Å². The van der Waals surface area contributed by atoms with Crippen LogP contribution in [0.1, 0.15) is 37.2 Å². The first-order chi connectivity index (χ1) is 12.1. The van der Waals surface area contributed by atoms with Crippen LogP contribution < -0.4 is 4.74 Å². The van der Waals surface area contributed by atoms with Crippen LogP contribution in [0.2, 0.25) is 0 Å². The van der Waals surface area contributed by atoms with E-state index in [0.29, 0.717) is 11.5 Å². The summed E-state index contributed by atoms with van der Waals surface area (Å²) >= 11 is 0. The average Bonchev–Trinajstić information content (AvgIpc) is 2.65. The lowest BCUT2D eigenvalue weighted by molar-refractivity contribution is 0.100. The summed E-state index contributed by atoms with van der Waals surface area (Å²) in [4.78, 5) is 0. The molecule has 0 atom stereocenters. The van der Waals surface area contributed by atoms with Crippen LogP contribution in [-0.4, -0.2) is 13.2 Å². The van der Waals surface area contributed by atoms with Crippen molar-refractivity contribution in [2.24, 2.45) is 0 Å². The molecule has 0 saturated heterocycles. The van der Waals surface area contributed by atoms with E-state index in [1.807, 2.05) is 24.3 Å². The maximum atomic E-state index is 14.2. The van der Waals surface area contributed by atoms with Crippen LogP contribution in [0.3, 0.4) is 0 Å². The highest BCUT2D eigenvalue weighted by atomic mass is 19.2. The zero-order valence-corrected chi connectivity index (χ0v) is 14.3. The van der Waals surface area contributed by atoms with Gasteiger partial charge in [0.1, 0.15) is 0 Å². The molecule has 0 bridgehead atoms. The highest BCUT2D eigenvalue weighted by Crippen LogP contribution is 2.36. The molecule has 1 aliphatic carbocycles. The molecular formula is C21H22F2O2. The summed E-state index contributed by atoms with van der Waals surface area (Å²) in [6.07, 6.45) is 5.92. The minimum Gasteiger partial charge on any atom is -0.499 e. The largest absolute Gasteiger partial charge is 0.499 e. The second-order valence-electron chi connectivity index (χ2n) is 6.34. The van der Waals surface area contributed by atoms with Crippen LogP contribution in [0.4, 0.5) is 8.78 Å². The summed E-state index contributed by atoms with van der Waals surface area (Å²) in [6.45, 7) is 3.61. The van der Waals surface area contributed by atoms with Gasteiger partial charge < -0.3 is 9.47 Å². The maximum absolute atomic E-state index is 14.2. The molecule has 1 saturated carbocycles. The Balaban J connectivity index is 1.75. The first kappa shape index (κ1) is 17.5. The van der Waals surface area contributed by atoms with Crippen molar-refractivity contribution in [3.8, 4) is 16.9 Å². The molecule has 2 aromatic carbocycles. The molecule has 1 aliphatic rings. The van der Waals surface area contributed by atoms with Gasteiger partial charge in [-0.2, -0.15) is 4.39 Å². The second kappa shape index (κ2) is 7.68. The zero-order chi connectivity index (χ0) is 17.8. The van der Waals surface area contributed by atoms with Crippen molar-refractivity contribution in [1.82, 2.24) is 0 Å². The standard InChI is InChI=1S/C21H22F2O2/c1-3-25-17-10-8-15(9-11-17)14-4-6-16(7-5-14)18-12-13-19(24-2)21(23)20(18)22/h3-7,12-13,15,17H,1,8-11H2,2H3. The summed E-state index contributed by atoms with van der Waals surface area (Å²) in [5, 5.41) is 0. The number of methoxy groups -OCH3 is 1. The molecule has 0 N–H and O–H groups in total. The summed E-state index contributed by atoms with van der Waals surface area (Å²) in [5.74, 6) is -1.44. The van der Waals surface area contributed by atoms with Gasteiger partial charge in [0.15, 0.2) is 11.6 Å². The number of rotatable bonds is 5. The minimum absolute atomic E-state index is 0.0867. The van der Waals surface area contributed by atoms with Gasteiger partial charge in [-0.1, -0.05) is 30.8 Å². The molecule has 3 rings (SSSR count). The number of halogens is 2. The molecule has 0 aromatic heterocycles. The van der Waals surface area contributed by atoms with Gasteiger partial charge in [-0.15, -0.1) is 0 Å². The number of hydrogen-bond donors (Lipinski definition) is 0. The van der Waals surface area contributed by atoms with E-state index in [1.165, 1.54) is 25.0 Å². The molecular weight excluding hydrogens is 322 g/mol. The van der Waals surface area contributed by atoms with E-state index < -0.39 is 11.6 Å². The van der Waals surface area contributed by atoms with Gasteiger partial charge in [0.2, 0.25) is 5.82 Å². The fourth-order valence-corrected chi connectivity index (χ4v) is 3.52. The van der Waals surface area contributed by atoms with Crippen LogP contribution in [-0.2, 0) is 4.74 Å². The fraction of sp³-hybridized carbons (Fsp3) is 0.333. The Bertz CT molecular complexity index is 732. The Morgan fingerprint density at radius 3 is 2.24 bits per heavy atom. The van der Waals surface area contributed by atoms with Crippen LogP contribution in [0, 0.1) is 11.6 Å². The molecule has 132 valence electrons. The third-order valence-electron chi connectivity index (χ3n) is 4.92. The predicted molar refractivity (Wildman–Crippen MR) is 94.6 cm³/mol. The third kappa shape index (κ3) is 3.68. The predicted octanol–water partition coefficient (Wildman–Crippen LogP) is 5.83. The van der Waals surface area contributed by atoms with Gasteiger partial charge in [-0.25, -0.2) is 4.39 Å². The summed E-state index contributed by atoms with van der Waals surface area (Å²) in [7, 11) is 1.32. The molecule has 2 nitrogen and oxygen atoms in total. The first-order valence-electron chi connectivity index (χ1n) is 8.52. The number of benzene rings is 2. The van der Waals surface area contributed by atoms with Crippen molar-refractivity contribution in [2.45, 2.75) is 37.7 Å². The Kier molecular flexibility index (Phi) is 5.37. The van der Waals surface area contributed by atoms with Gasteiger partial charge in [-0.05, 0) is 54.9 Å². The van der Waals surface area contributed by atoms with Crippen LogP contribution >= 0.6 is 0 Å². The summed E-state index contributed by atoms with van der Waals surface area (Å²) < 4.78 is 38.4. The van der Waals surface area contributed by atoms with E-state index in [0.717, 1.165) is 25.7 Å². The van der Waals surface area contributed by atoms with E-state index in [2.05, 4.69) is 6.58 Å². The zero-order valence-electron chi connectivity index (χ0n) is 14.3. The first-order valence-corrected chi connectivity index (χ1v) is 8.52. The molecule has 1 fully saturated rings. The van der Waals surface area contributed by atoms with E-state index in [9.17, 15) is 8.78 Å². The molecule has 0 aliphatic heterocycles. The van der Waals surface area contributed by atoms with Crippen LogP contribution in [0.15, 0.2) is 49.2 Å². The Hall–Kier alpha value is -2.36. The molecule has 0 radical (unpaired) electrons. The van der Waals surface area contributed by atoms with Crippen LogP contribution in [0.5, 0.6) is 5.75 Å². The fourth-order valence-electron chi connectivity index (χ4n) is 3.52. The normalized spacial score (nSPS) is 20.1. The number of hydrogen-bond acceptors (Lipinski definition) is 2. The van der Waals surface area contributed by atoms with E-state index in [-0.39, 0.29) is 17.4 Å². The van der Waals surface area contributed by atoms with Crippen molar-refractivity contribution < 1.29 is 18.3 Å². The van der Waals surface area contributed by atoms with Crippen molar-refractivity contribution >= 4 is 0 Å². The van der Waals surface area contributed by atoms with Crippen molar-refractivity contribution in [3.05, 3.63) is 66.4 Å². The van der Waals surface area contributed by atoms with E-state index in [1.54, 1.807) is 6.07 Å². The van der Waals surface area contributed by atoms with Crippen LogP contribution in [0.25, 0.3) is 11.1 Å². The smallest absolute Gasteiger partial charge is 0.201 e. The Labute approximate surface area is 147 Å². The third-order valence-corrected chi connectivity index (χ3v) is 4.92. The summed E-state index contributed by atoms with van der Waals surface area (Å²) in [6, 6.07) is 10.7. The van der Waals surface area contributed by atoms with Gasteiger partial charge in [0, 0.05) is 5.56 Å². The molecule has 0 amide bonds. The minimum atomic E-state index is -0.954. The molecule has 4 heteroatoms. The molecule has 0 heterocycles. The van der Waals surface area contributed by atoms with Gasteiger partial charge in [0.05, 0.1) is 19.5 Å². The van der Waals surface area contributed by atoms with Gasteiger partial charge in [-0.3, -0.25) is 0 Å². The van der Waals surface area contributed by atoms with E-state index >= 15 is 0 Å². The second-order valence-corrected chi connectivity index (χ2v) is 6.34. The monoisotopic (exact) mass is 344 g/mol. The molecule has 0 spiro atoms. The summed E-state index contributed by atoms with van der Waals surface area (Å²) in [5.41, 5.74) is 2.13. The average molecular weight is 344 g/mol. The Morgan fingerprint density at radius 2 is 1.64 bits per heavy atom. The highest BCUT2D eigenvalue weighted by Gasteiger charge is 2.23. The maximum Gasteiger partial charge on any atom is 0.201 e. The lowest BCUT2D eigenvalue weighted by atomic mass is 9.82. The topological polar surface area (TPSA) is 18.5 Å². The molecule has 0 unspecified atom stereocenters. The van der Waals surface area contributed by atoms with Gasteiger partial charge >= 0.3 is 0 Å². The van der Waals surface area contributed by atoms with Gasteiger partial charge in [0.25, 0.3) is 0 Å². The molecule has 25 heavy (non-hydrogen) atoms. The molecule has 2 aromatic rings. The lowest BCUT2D eigenvalue weighted by Gasteiger charge is -2.28. The highest BCUT2D eigenvalue weighted by molar-refractivity contribution is 5.65. The SMILES string of the molecule is C=COC1CCC(c2ccc(-c3ccc(OC)c(F)c3F)cc2)CC1. The van der Waals surface area contributed by atoms with E-state index in [4.69, 9.17) is 9.47 Å². The van der Waals surface area contributed by atoms with Crippen molar-refractivity contribution in [3.63, 3.8) is 0 Å². The quantitative estimate of drug-likeness (QED) is 0.636. The lowest BCUT2D eigenvalue weighted by Crippen LogP contribution is -2.18. The van der Waals surface area contributed by atoms with Crippen molar-refractivity contribution in [2.75, 3.05) is 7.11 Å². The Morgan fingerprint density at radius 1 is 0.960 bits per heavy atom.